The molecule has 0 aliphatic heterocycles. The molecule has 0 aliphatic carbocycles. The zero-order valence-corrected chi connectivity index (χ0v) is 18.9. The van der Waals surface area contributed by atoms with E-state index >= 15 is 0 Å². The van der Waals surface area contributed by atoms with E-state index in [1.165, 1.54) is 23.5 Å². The number of carbonyl (C=O) groups excluding carboxylic acids is 3. The summed E-state index contributed by atoms with van der Waals surface area (Å²) in [6.07, 6.45) is 4.17. The van der Waals surface area contributed by atoms with E-state index in [-0.39, 0.29) is 18.6 Å². The highest BCUT2D eigenvalue weighted by Gasteiger charge is 2.29. The third-order valence-electron chi connectivity index (χ3n) is 3.82. The SMILES string of the molecule is CSCCC(NC(=O)C(CS)NC(=O)C(CCSC)NC(=O)C(N)CO)C(=O)O. The van der Waals surface area contributed by atoms with Crippen LogP contribution in [0.2, 0.25) is 0 Å². The van der Waals surface area contributed by atoms with E-state index in [0.29, 0.717) is 11.5 Å². The fourth-order valence-electron chi connectivity index (χ4n) is 2.10. The average Bonchev–Trinajstić information content (AvgIpc) is 2.70. The van der Waals surface area contributed by atoms with Gasteiger partial charge in [0.25, 0.3) is 0 Å². The number of thiol groups is 1. The molecule has 0 rings (SSSR count). The third-order valence-corrected chi connectivity index (χ3v) is 5.47. The smallest absolute Gasteiger partial charge is 0.326 e. The van der Waals surface area contributed by atoms with Crippen LogP contribution in [0.5, 0.6) is 0 Å². The average molecular weight is 471 g/mol. The molecule has 0 aromatic rings. The highest BCUT2D eigenvalue weighted by atomic mass is 32.2. The number of rotatable bonds is 15. The number of hydrogen-bond acceptors (Lipinski definition) is 9. The summed E-state index contributed by atoms with van der Waals surface area (Å²) in [5, 5.41) is 25.5. The predicted octanol–water partition coefficient (Wildman–Crippen LogP) is -1.72. The van der Waals surface area contributed by atoms with Crippen LogP contribution in [-0.2, 0) is 19.2 Å². The van der Waals surface area contributed by atoms with Gasteiger partial charge in [-0.05, 0) is 36.9 Å². The lowest BCUT2D eigenvalue weighted by Gasteiger charge is -2.24. The highest BCUT2D eigenvalue weighted by Crippen LogP contribution is 2.04. The first-order valence-corrected chi connectivity index (χ1v) is 12.2. The number of hydrogen-bond donors (Lipinski definition) is 7. The largest absolute Gasteiger partial charge is 0.480 e. The van der Waals surface area contributed by atoms with Crippen molar-refractivity contribution in [3.63, 3.8) is 0 Å². The number of amides is 3. The molecule has 0 bridgehead atoms. The Morgan fingerprint density at radius 2 is 1.34 bits per heavy atom. The minimum absolute atomic E-state index is 0.0637. The number of aliphatic hydroxyl groups excluding tert-OH is 1. The molecular formula is C16H30N4O6S3. The Morgan fingerprint density at radius 1 is 0.897 bits per heavy atom. The molecule has 3 amide bonds. The van der Waals surface area contributed by atoms with E-state index in [1.807, 2.05) is 12.5 Å². The maximum absolute atomic E-state index is 12.6. The fraction of sp³-hybridized carbons (Fsp3) is 0.750. The van der Waals surface area contributed by atoms with Gasteiger partial charge in [0.05, 0.1) is 6.61 Å². The Balaban J connectivity index is 5.08. The number of thioether (sulfide) groups is 2. The second-order valence-electron chi connectivity index (χ2n) is 6.06. The molecule has 0 radical (unpaired) electrons. The molecule has 10 nitrogen and oxygen atoms in total. The van der Waals surface area contributed by atoms with Gasteiger partial charge in [-0.3, -0.25) is 14.4 Å². The number of carbonyl (C=O) groups is 4. The van der Waals surface area contributed by atoms with Gasteiger partial charge in [-0.15, -0.1) is 0 Å². The number of aliphatic hydroxyl groups is 1. The number of nitrogens with two attached hydrogens (primary N) is 1. The Bertz CT molecular complexity index is 555. The molecule has 0 aromatic carbocycles. The van der Waals surface area contributed by atoms with Gasteiger partial charge in [-0.1, -0.05) is 0 Å². The van der Waals surface area contributed by atoms with E-state index in [0.717, 1.165) is 0 Å². The summed E-state index contributed by atoms with van der Waals surface area (Å²) in [6, 6.07) is -4.29. The Labute approximate surface area is 184 Å². The van der Waals surface area contributed by atoms with E-state index in [1.54, 1.807) is 0 Å². The minimum Gasteiger partial charge on any atom is -0.480 e. The molecule has 168 valence electrons. The molecule has 0 spiro atoms. The summed E-state index contributed by atoms with van der Waals surface area (Å²) in [5.41, 5.74) is 5.46. The lowest BCUT2D eigenvalue weighted by atomic mass is 10.1. The van der Waals surface area contributed by atoms with Crippen molar-refractivity contribution < 1.29 is 29.4 Å². The second-order valence-corrected chi connectivity index (χ2v) is 8.39. The van der Waals surface area contributed by atoms with Crippen LogP contribution in [0.25, 0.3) is 0 Å². The molecule has 0 heterocycles. The summed E-state index contributed by atoms with van der Waals surface area (Å²) < 4.78 is 0. The molecule has 29 heavy (non-hydrogen) atoms. The van der Waals surface area contributed by atoms with E-state index in [9.17, 15) is 24.3 Å². The molecule has 13 heteroatoms. The van der Waals surface area contributed by atoms with Gasteiger partial charge in [-0.2, -0.15) is 36.2 Å². The van der Waals surface area contributed by atoms with Gasteiger partial charge in [0.15, 0.2) is 0 Å². The fourth-order valence-corrected chi connectivity index (χ4v) is 3.30. The van der Waals surface area contributed by atoms with Crippen molar-refractivity contribution >= 4 is 59.8 Å². The number of carboxylic acid groups (broad SMARTS) is 1. The Hall–Kier alpha value is -1.15. The van der Waals surface area contributed by atoms with Crippen LogP contribution in [-0.4, -0.2) is 94.4 Å². The van der Waals surface area contributed by atoms with Crippen molar-refractivity contribution in [1.82, 2.24) is 16.0 Å². The van der Waals surface area contributed by atoms with E-state index < -0.39 is 54.5 Å². The molecule has 0 aliphatic rings. The quantitative estimate of drug-likeness (QED) is 0.138. The highest BCUT2D eigenvalue weighted by molar-refractivity contribution is 7.98. The monoisotopic (exact) mass is 470 g/mol. The van der Waals surface area contributed by atoms with Crippen LogP contribution < -0.4 is 21.7 Å². The van der Waals surface area contributed by atoms with Crippen molar-refractivity contribution in [2.75, 3.05) is 36.4 Å². The van der Waals surface area contributed by atoms with Crippen LogP contribution >= 0.6 is 36.2 Å². The normalized spacial score (nSPS) is 14.9. The van der Waals surface area contributed by atoms with Crippen LogP contribution in [0, 0.1) is 0 Å². The third kappa shape index (κ3) is 11.0. The van der Waals surface area contributed by atoms with E-state index in [2.05, 4.69) is 28.6 Å². The molecule has 0 aromatic heterocycles. The number of carboxylic acids is 1. The van der Waals surface area contributed by atoms with Gasteiger partial charge in [0.1, 0.15) is 24.2 Å². The zero-order valence-electron chi connectivity index (χ0n) is 16.4. The van der Waals surface area contributed by atoms with Crippen molar-refractivity contribution in [3.8, 4) is 0 Å². The van der Waals surface area contributed by atoms with Crippen molar-refractivity contribution in [3.05, 3.63) is 0 Å². The lowest BCUT2D eigenvalue weighted by Crippen LogP contribution is -2.58. The van der Waals surface area contributed by atoms with Crippen LogP contribution in [0.3, 0.4) is 0 Å². The van der Waals surface area contributed by atoms with Gasteiger partial charge >= 0.3 is 5.97 Å². The minimum atomic E-state index is -1.17. The van der Waals surface area contributed by atoms with E-state index in [4.69, 9.17) is 10.8 Å². The van der Waals surface area contributed by atoms with Gasteiger partial charge < -0.3 is 31.9 Å². The number of nitrogens with one attached hydrogen (secondary N) is 3. The summed E-state index contributed by atoms with van der Waals surface area (Å²) in [4.78, 5) is 48.2. The molecule has 7 N–H and O–H groups in total. The van der Waals surface area contributed by atoms with Crippen molar-refractivity contribution in [2.45, 2.75) is 37.0 Å². The summed E-state index contributed by atoms with van der Waals surface area (Å²) in [7, 11) is 0. The maximum atomic E-state index is 12.6. The summed E-state index contributed by atoms with van der Waals surface area (Å²) in [5.74, 6) is -2.12. The first kappa shape index (κ1) is 27.8. The van der Waals surface area contributed by atoms with Crippen molar-refractivity contribution in [1.29, 1.82) is 0 Å². The molecule has 0 saturated heterocycles. The summed E-state index contributed by atoms with van der Waals surface area (Å²) >= 11 is 6.98. The van der Waals surface area contributed by atoms with Crippen molar-refractivity contribution in [2.24, 2.45) is 5.73 Å². The first-order valence-electron chi connectivity index (χ1n) is 8.80. The number of aliphatic carboxylic acids is 1. The van der Waals surface area contributed by atoms with Crippen LogP contribution in [0.15, 0.2) is 0 Å². The van der Waals surface area contributed by atoms with Gasteiger partial charge in [-0.25, -0.2) is 4.79 Å². The maximum Gasteiger partial charge on any atom is 0.326 e. The Morgan fingerprint density at radius 3 is 1.79 bits per heavy atom. The molecule has 0 fully saturated rings. The van der Waals surface area contributed by atoms with Gasteiger partial charge in [0, 0.05) is 5.75 Å². The van der Waals surface area contributed by atoms with Crippen LogP contribution in [0.1, 0.15) is 12.8 Å². The first-order chi connectivity index (χ1) is 13.7. The lowest BCUT2D eigenvalue weighted by molar-refractivity contribution is -0.142. The molecular weight excluding hydrogens is 440 g/mol. The standard InChI is InChI=1S/C16H30N4O6S3/c1-28-5-3-10(18-13(22)9(17)7-21)14(23)20-12(8-27)15(24)19-11(16(25)26)4-6-29-2/h9-12,21,27H,3-8,17H2,1-2H3,(H,18,22)(H,19,24)(H,20,23)(H,25,26). The molecule has 4 unspecified atom stereocenters. The van der Waals surface area contributed by atoms with Crippen LogP contribution in [0.4, 0.5) is 0 Å². The van der Waals surface area contributed by atoms with Gasteiger partial charge in [0.2, 0.25) is 17.7 Å². The zero-order chi connectivity index (χ0) is 22.4. The molecule has 4 atom stereocenters. The molecule has 0 saturated carbocycles. The topological polar surface area (TPSA) is 171 Å². The Kier molecular flexibility index (Phi) is 15.0. The predicted molar refractivity (Wildman–Crippen MR) is 118 cm³/mol. The second kappa shape index (κ2) is 15.7. The summed E-state index contributed by atoms with van der Waals surface area (Å²) in [6.45, 7) is -0.572.